The molecule has 0 aliphatic carbocycles. The minimum Gasteiger partial charge on any atom is -0.377 e. The minimum atomic E-state index is -3.49. The second kappa shape index (κ2) is 6.77. The number of nitrogens with zero attached hydrogens (tertiary/aromatic N) is 1. The zero-order chi connectivity index (χ0) is 15.5. The SMILES string of the molecule is CN(C)c1cccc2c(S(=O)(=O)NCCCBr)cccc12. The molecule has 0 atom stereocenters. The van der Waals surface area contributed by atoms with Gasteiger partial charge in [-0.3, -0.25) is 0 Å². The molecule has 2 rings (SSSR count). The van der Waals surface area contributed by atoms with E-state index in [1.165, 1.54) is 0 Å². The number of sulfonamides is 1. The molecule has 2 aromatic carbocycles. The van der Waals surface area contributed by atoms with E-state index in [1.54, 1.807) is 12.1 Å². The van der Waals surface area contributed by atoms with Crippen molar-refractivity contribution in [2.45, 2.75) is 11.3 Å². The molecule has 0 saturated carbocycles. The van der Waals surface area contributed by atoms with Gasteiger partial charge in [-0.2, -0.15) is 0 Å². The maximum Gasteiger partial charge on any atom is 0.241 e. The second-order valence-electron chi connectivity index (χ2n) is 4.96. The van der Waals surface area contributed by atoms with E-state index in [0.717, 1.165) is 28.2 Å². The monoisotopic (exact) mass is 370 g/mol. The molecule has 0 spiro atoms. The molecule has 0 unspecified atom stereocenters. The highest BCUT2D eigenvalue weighted by Gasteiger charge is 2.17. The number of fused-ring (bicyclic) bond motifs is 1. The van der Waals surface area contributed by atoms with E-state index in [2.05, 4.69) is 20.7 Å². The van der Waals surface area contributed by atoms with Crippen molar-refractivity contribution in [1.82, 2.24) is 4.72 Å². The Morgan fingerprint density at radius 1 is 1.10 bits per heavy atom. The standard InChI is InChI=1S/C15H19BrN2O2S/c1-18(2)14-8-3-7-13-12(14)6-4-9-15(13)21(19,20)17-11-5-10-16/h3-4,6-9,17H,5,10-11H2,1-2H3. The molecule has 0 radical (unpaired) electrons. The smallest absolute Gasteiger partial charge is 0.241 e. The number of hydrogen-bond donors (Lipinski definition) is 1. The number of hydrogen-bond acceptors (Lipinski definition) is 3. The summed E-state index contributed by atoms with van der Waals surface area (Å²) in [7, 11) is 0.406. The molecule has 0 aliphatic heterocycles. The molecule has 0 aromatic heterocycles. The molecule has 0 aliphatic rings. The summed E-state index contributed by atoms with van der Waals surface area (Å²) in [6.45, 7) is 0.428. The van der Waals surface area contributed by atoms with Crippen molar-refractivity contribution in [3.05, 3.63) is 36.4 Å². The Hall–Kier alpha value is -1.11. The fourth-order valence-electron chi connectivity index (χ4n) is 2.24. The van der Waals surface area contributed by atoms with Gasteiger partial charge in [0.2, 0.25) is 10.0 Å². The van der Waals surface area contributed by atoms with E-state index in [4.69, 9.17) is 0 Å². The summed E-state index contributed by atoms with van der Waals surface area (Å²) in [4.78, 5) is 2.31. The van der Waals surface area contributed by atoms with Gasteiger partial charge in [-0.05, 0) is 18.6 Å². The topological polar surface area (TPSA) is 49.4 Å². The molecule has 0 amide bonds. The fraction of sp³-hybridized carbons (Fsp3) is 0.333. The lowest BCUT2D eigenvalue weighted by molar-refractivity contribution is 0.582. The van der Waals surface area contributed by atoms with E-state index in [-0.39, 0.29) is 0 Å². The number of anilines is 1. The molecule has 0 saturated heterocycles. The number of rotatable bonds is 6. The van der Waals surface area contributed by atoms with E-state index in [1.807, 2.05) is 43.3 Å². The largest absolute Gasteiger partial charge is 0.377 e. The average Bonchev–Trinajstić information content (AvgIpc) is 2.46. The lowest BCUT2D eigenvalue weighted by Gasteiger charge is -2.17. The quantitative estimate of drug-likeness (QED) is 0.628. The van der Waals surface area contributed by atoms with Gasteiger partial charge in [0.1, 0.15) is 0 Å². The normalized spacial score (nSPS) is 11.8. The van der Waals surface area contributed by atoms with Gasteiger partial charge in [0.25, 0.3) is 0 Å². The number of benzene rings is 2. The van der Waals surface area contributed by atoms with Crippen LogP contribution in [0.2, 0.25) is 0 Å². The molecule has 2 aromatic rings. The van der Waals surface area contributed by atoms with E-state index in [0.29, 0.717) is 11.4 Å². The van der Waals surface area contributed by atoms with Gasteiger partial charge in [-0.25, -0.2) is 13.1 Å². The molecule has 0 heterocycles. The van der Waals surface area contributed by atoms with Crippen molar-refractivity contribution >= 4 is 42.4 Å². The minimum absolute atomic E-state index is 0.332. The number of halogens is 1. The summed E-state index contributed by atoms with van der Waals surface area (Å²) in [6, 6.07) is 11.1. The average molecular weight is 371 g/mol. The third-order valence-electron chi connectivity index (χ3n) is 3.23. The fourth-order valence-corrected chi connectivity index (χ4v) is 3.81. The first-order chi connectivity index (χ1) is 9.97. The Morgan fingerprint density at radius 3 is 2.43 bits per heavy atom. The number of alkyl halides is 1. The van der Waals surface area contributed by atoms with Crippen molar-refractivity contribution in [2.24, 2.45) is 0 Å². The molecular formula is C15H19BrN2O2S. The lowest BCUT2D eigenvalue weighted by atomic mass is 10.1. The molecule has 114 valence electrons. The van der Waals surface area contributed by atoms with Gasteiger partial charge in [0.15, 0.2) is 0 Å². The van der Waals surface area contributed by atoms with Crippen LogP contribution in [0.15, 0.2) is 41.3 Å². The summed E-state index contributed by atoms with van der Waals surface area (Å²) in [6.07, 6.45) is 0.757. The van der Waals surface area contributed by atoms with E-state index in [9.17, 15) is 8.42 Å². The molecule has 4 nitrogen and oxygen atoms in total. The summed E-state index contributed by atoms with van der Waals surface area (Å²) >= 11 is 3.30. The third kappa shape index (κ3) is 3.56. The van der Waals surface area contributed by atoms with Gasteiger partial charge in [0, 0.05) is 42.4 Å². The van der Waals surface area contributed by atoms with Crippen molar-refractivity contribution in [2.75, 3.05) is 30.9 Å². The highest BCUT2D eigenvalue weighted by atomic mass is 79.9. The maximum absolute atomic E-state index is 12.5. The summed E-state index contributed by atoms with van der Waals surface area (Å²) in [5, 5.41) is 2.46. The molecular weight excluding hydrogens is 352 g/mol. The third-order valence-corrected chi connectivity index (χ3v) is 5.31. The van der Waals surface area contributed by atoms with Crippen LogP contribution in [0.5, 0.6) is 0 Å². The van der Waals surface area contributed by atoms with Crippen molar-refractivity contribution < 1.29 is 8.42 Å². The van der Waals surface area contributed by atoms with Crippen LogP contribution in [0.4, 0.5) is 5.69 Å². The molecule has 21 heavy (non-hydrogen) atoms. The Kier molecular flexibility index (Phi) is 5.24. The first-order valence-corrected chi connectivity index (χ1v) is 9.32. The molecule has 1 N–H and O–H groups in total. The molecule has 6 heteroatoms. The Morgan fingerprint density at radius 2 is 1.76 bits per heavy atom. The Balaban J connectivity index is 2.53. The highest BCUT2D eigenvalue weighted by molar-refractivity contribution is 9.09. The lowest BCUT2D eigenvalue weighted by Crippen LogP contribution is -2.25. The van der Waals surface area contributed by atoms with Gasteiger partial charge in [0.05, 0.1) is 4.90 Å². The van der Waals surface area contributed by atoms with Crippen LogP contribution < -0.4 is 9.62 Å². The Bertz CT molecular complexity index is 730. The first-order valence-electron chi connectivity index (χ1n) is 6.72. The van der Waals surface area contributed by atoms with Crippen LogP contribution in [0.3, 0.4) is 0 Å². The molecule has 0 fully saturated rings. The number of nitrogens with one attached hydrogen (secondary N) is 1. The van der Waals surface area contributed by atoms with Crippen LogP contribution in [0, 0.1) is 0 Å². The Labute approximate surface area is 134 Å². The second-order valence-corrected chi connectivity index (χ2v) is 7.49. The van der Waals surface area contributed by atoms with Gasteiger partial charge in [-0.1, -0.05) is 40.2 Å². The zero-order valence-electron chi connectivity index (χ0n) is 12.1. The van der Waals surface area contributed by atoms with Crippen molar-refractivity contribution in [3.63, 3.8) is 0 Å². The molecule has 0 bridgehead atoms. The van der Waals surface area contributed by atoms with Gasteiger partial charge in [-0.15, -0.1) is 0 Å². The zero-order valence-corrected chi connectivity index (χ0v) is 14.5. The predicted octanol–water partition coefficient (Wildman–Crippen LogP) is 2.97. The van der Waals surface area contributed by atoms with Crippen LogP contribution in [0.1, 0.15) is 6.42 Å². The predicted molar refractivity (Wildman–Crippen MR) is 91.9 cm³/mol. The van der Waals surface area contributed by atoms with Crippen molar-refractivity contribution in [3.8, 4) is 0 Å². The summed E-state index contributed by atoms with van der Waals surface area (Å²) < 4.78 is 27.6. The maximum atomic E-state index is 12.5. The van der Waals surface area contributed by atoms with Crippen LogP contribution in [0.25, 0.3) is 10.8 Å². The summed E-state index contributed by atoms with van der Waals surface area (Å²) in [5.74, 6) is 0. The first kappa shape index (κ1) is 16.3. The van der Waals surface area contributed by atoms with Gasteiger partial charge >= 0.3 is 0 Å². The van der Waals surface area contributed by atoms with E-state index >= 15 is 0 Å². The van der Waals surface area contributed by atoms with Crippen molar-refractivity contribution in [1.29, 1.82) is 0 Å². The van der Waals surface area contributed by atoms with Gasteiger partial charge < -0.3 is 4.90 Å². The highest BCUT2D eigenvalue weighted by Crippen LogP contribution is 2.29. The van der Waals surface area contributed by atoms with Crippen LogP contribution in [-0.4, -0.2) is 34.4 Å². The van der Waals surface area contributed by atoms with E-state index < -0.39 is 10.0 Å². The summed E-state index contributed by atoms with van der Waals surface area (Å²) in [5.41, 5.74) is 1.00. The van der Waals surface area contributed by atoms with Crippen LogP contribution in [-0.2, 0) is 10.0 Å². The van der Waals surface area contributed by atoms with Crippen LogP contribution >= 0.6 is 15.9 Å².